The number of hydrogen-bond donors (Lipinski definition) is 2. The molecule has 18 heavy (non-hydrogen) atoms. The van der Waals surface area contributed by atoms with Crippen LogP contribution in [0.25, 0.3) is 0 Å². The molecule has 0 aliphatic rings. The highest BCUT2D eigenvalue weighted by Crippen LogP contribution is 2.13. The first-order valence-electron chi connectivity index (χ1n) is 5.46. The number of nitrogens with one attached hydrogen (secondary N) is 2. The molecule has 0 bridgehead atoms. The monoisotopic (exact) mass is 283 g/mol. The molecule has 0 amide bonds. The fourth-order valence-corrected chi connectivity index (χ4v) is 1.72. The van der Waals surface area contributed by atoms with Crippen LogP contribution >= 0.6 is 24.0 Å². The predicted molar refractivity (Wildman–Crippen MR) is 81.4 cm³/mol. The van der Waals surface area contributed by atoms with Crippen LogP contribution in [0, 0.1) is 0 Å². The summed E-state index contributed by atoms with van der Waals surface area (Å²) in [6, 6.07) is 8.14. The zero-order valence-corrected chi connectivity index (χ0v) is 12.1. The Morgan fingerprint density at radius 2 is 2.17 bits per heavy atom. The number of hydrazone groups is 1. The summed E-state index contributed by atoms with van der Waals surface area (Å²) in [5, 5.41) is 7.51. The molecular weight excluding hydrogens is 266 g/mol. The van der Waals surface area contributed by atoms with Gasteiger partial charge in [-0.2, -0.15) is 5.10 Å². The number of ether oxygens (including phenoxy) is 1. The van der Waals surface area contributed by atoms with Gasteiger partial charge in [0.1, 0.15) is 0 Å². The van der Waals surface area contributed by atoms with E-state index in [0.717, 1.165) is 5.56 Å². The van der Waals surface area contributed by atoms with E-state index in [0.29, 0.717) is 18.3 Å². The summed E-state index contributed by atoms with van der Waals surface area (Å²) in [7, 11) is 1.65. The van der Waals surface area contributed by atoms with Crippen LogP contribution in [0.5, 0.6) is 0 Å². The lowest BCUT2D eigenvalue weighted by Crippen LogP contribution is -2.34. The molecule has 0 atom stereocenters. The fourth-order valence-electron chi connectivity index (χ4n) is 1.16. The van der Waals surface area contributed by atoms with Gasteiger partial charge in [-0.05, 0) is 36.2 Å². The van der Waals surface area contributed by atoms with E-state index >= 15 is 0 Å². The molecule has 0 saturated heterocycles. The largest absolute Gasteiger partial charge is 0.383 e. The second-order valence-corrected chi connectivity index (χ2v) is 4.68. The van der Waals surface area contributed by atoms with Crippen LogP contribution < -0.4 is 10.7 Å². The first kappa shape index (κ1) is 14.9. The summed E-state index contributed by atoms with van der Waals surface area (Å²) < 4.78 is 4.90. The van der Waals surface area contributed by atoms with Crippen molar-refractivity contribution in [2.45, 2.75) is 4.90 Å². The molecule has 4 nitrogen and oxygen atoms in total. The third kappa shape index (κ3) is 6.00. The summed E-state index contributed by atoms with van der Waals surface area (Å²) in [5.74, 6) is 0. The lowest BCUT2D eigenvalue weighted by molar-refractivity contribution is 0.204. The normalized spacial score (nSPS) is 10.6. The molecule has 2 N–H and O–H groups in total. The Bertz CT molecular complexity index is 393. The van der Waals surface area contributed by atoms with E-state index in [1.807, 2.05) is 12.1 Å². The summed E-state index contributed by atoms with van der Waals surface area (Å²) in [6.07, 6.45) is 3.78. The van der Waals surface area contributed by atoms with E-state index in [1.165, 1.54) is 4.90 Å². The van der Waals surface area contributed by atoms with Gasteiger partial charge in [-0.1, -0.05) is 12.1 Å². The van der Waals surface area contributed by atoms with Crippen LogP contribution in [0.15, 0.2) is 34.3 Å². The van der Waals surface area contributed by atoms with Gasteiger partial charge in [0.25, 0.3) is 0 Å². The highest BCUT2D eigenvalue weighted by molar-refractivity contribution is 7.98. The van der Waals surface area contributed by atoms with Gasteiger partial charge < -0.3 is 10.1 Å². The minimum atomic E-state index is 0.490. The molecule has 0 aliphatic carbocycles. The van der Waals surface area contributed by atoms with Crippen molar-refractivity contribution in [1.29, 1.82) is 0 Å². The maximum absolute atomic E-state index is 5.03. The lowest BCUT2D eigenvalue weighted by atomic mass is 10.2. The molecule has 0 heterocycles. The Balaban J connectivity index is 2.32. The lowest BCUT2D eigenvalue weighted by Gasteiger charge is -2.05. The number of methoxy groups -OCH3 is 1. The summed E-state index contributed by atoms with van der Waals surface area (Å²) in [5.41, 5.74) is 3.78. The minimum Gasteiger partial charge on any atom is -0.383 e. The maximum Gasteiger partial charge on any atom is 0.187 e. The Morgan fingerprint density at radius 1 is 1.44 bits per heavy atom. The van der Waals surface area contributed by atoms with Gasteiger partial charge in [0.05, 0.1) is 12.8 Å². The Labute approximate surface area is 117 Å². The molecule has 0 aliphatic heterocycles. The van der Waals surface area contributed by atoms with E-state index in [1.54, 1.807) is 25.1 Å². The molecule has 1 rings (SSSR count). The van der Waals surface area contributed by atoms with Gasteiger partial charge in [0.2, 0.25) is 0 Å². The van der Waals surface area contributed by atoms with Crippen LogP contribution in [-0.4, -0.2) is 37.8 Å². The second kappa shape index (κ2) is 8.91. The molecule has 0 radical (unpaired) electrons. The van der Waals surface area contributed by atoms with Crippen molar-refractivity contribution in [3.05, 3.63) is 29.8 Å². The molecule has 1 aromatic carbocycles. The molecule has 98 valence electrons. The summed E-state index contributed by atoms with van der Waals surface area (Å²) in [4.78, 5) is 1.23. The molecule has 0 spiro atoms. The first-order chi connectivity index (χ1) is 8.76. The quantitative estimate of drug-likeness (QED) is 0.274. The van der Waals surface area contributed by atoms with Crippen molar-refractivity contribution < 1.29 is 4.74 Å². The van der Waals surface area contributed by atoms with Gasteiger partial charge in [-0.25, -0.2) is 0 Å². The van der Waals surface area contributed by atoms with Gasteiger partial charge in [-0.15, -0.1) is 11.8 Å². The van der Waals surface area contributed by atoms with Crippen LogP contribution in [-0.2, 0) is 4.74 Å². The van der Waals surface area contributed by atoms with Crippen molar-refractivity contribution in [3.63, 3.8) is 0 Å². The Morgan fingerprint density at radius 3 is 2.78 bits per heavy atom. The van der Waals surface area contributed by atoms with Crippen LogP contribution in [0.2, 0.25) is 0 Å². The van der Waals surface area contributed by atoms with Crippen molar-refractivity contribution in [2.24, 2.45) is 5.10 Å². The van der Waals surface area contributed by atoms with Crippen molar-refractivity contribution in [2.75, 3.05) is 26.5 Å². The number of thiocarbonyl (C=S) groups is 1. The van der Waals surface area contributed by atoms with Crippen LogP contribution in [0.1, 0.15) is 5.56 Å². The Hall–Kier alpha value is -1.11. The molecule has 0 fully saturated rings. The topological polar surface area (TPSA) is 45.6 Å². The van der Waals surface area contributed by atoms with Crippen molar-refractivity contribution in [1.82, 2.24) is 10.7 Å². The number of rotatable bonds is 6. The molecule has 0 aromatic heterocycles. The average Bonchev–Trinajstić information content (AvgIpc) is 2.40. The molecule has 1 aromatic rings. The third-order valence-corrected chi connectivity index (χ3v) is 3.07. The van der Waals surface area contributed by atoms with E-state index < -0.39 is 0 Å². The maximum atomic E-state index is 5.03. The zero-order chi connectivity index (χ0) is 13.2. The predicted octanol–water partition coefficient (Wildman–Crippen LogP) is 1.85. The SMILES string of the molecule is COCCNC(=S)NN=Cc1ccc(SC)cc1. The zero-order valence-electron chi connectivity index (χ0n) is 10.5. The minimum absolute atomic E-state index is 0.490. The summed E-state index contributed by atoms with van der Waals surface area (Å²) in [6.45, 7) is 1.28. The van der Waals surface area contributed by atoms with Gasteiger partial charge >= 0.3 is 0 Å². The highest BCUT2D eigenvalue weighted by Gasteiger charge is 1.92. The molecule has 0 saturated carbocycles. The van der Waals surface area contributed by atoms with Crippen molar-refractivity contribution >= 4 is 35.3 Å². The van der Waals surface area contributed by atoms with Gasteiger partial charge in [0, 0.05) is 18.6 Å². The summed E-state index contributed by atoms with van der Waals surface area (Å²) >= 11 is 6.74. The van der Waals surface area contributed by atoms with E-state index in [4.69, 9.17) is 17.0 Å². The Kier molecular flexibility index (Phi) is 7.40. The smallest absolute Gasteiger partial charge is 0.187 e. The number of hydrogen-bond acceptors (Lipinski definition) is 4. The number of thioether (sulfide) groups is 1. The van der Waals surface area contributed by atoms with Gasteiger partial charge in [-0.3, -0.25) is 5.43 Å². The molecule has 0 unspecified atom stereocenters. The average molecular weight is 283 g/mol. The van der Waals surface area contributed by atoms with E-state index in [-0.39, 0.29) is 0 Å². The van der Waals surface area contributed by atoms with Crippen LogP contribution in [0.3, 0.4) is 0 Å². The third-order valence-electron chi connectivity index (χ3n) is 2.09. The standard InChI is InChI=1S/C12H17N3OS2/c1-16-8-7-13-12(17)15-14-9-10-3-5-11(18-2)6-4-10/h3-6,9H,7-8H2,1-2H3,(H2,13,15,17). The fraction of sp³-hybridized carbons (Fsp3) is 0.333. The highest BCUT2D eigenvalue weighted by atomic mass is 32.2. The number of nitrogens with zero attached hydrogens (tertiary/aromatic N) is 1. The van der Waals surface area contributed by atoms with Gasteiger partial charge in [0.15, 0.2) is 5.11 Å². The second-order valence-electron chi connectivity index (χ2n) is 3.39. The van der Waals surface area contributed by atoms with E-state index in [9.17, 15) is 0 Å². The van der Waals surface area contributed by atoms with Crippen LogP contribution in [0.4, 0.5) is 0 Å². The van der Waals surface area contributed by atoms with E-state index in [2.05, 4.69) is 34.2 Å². The van der Waals surface area contributed by atoms with Crippen molar-refractivity contribution in [3.8, 4) is 0 Å². The molecular formula is C12H17N3OS2. The molecule has 6 heteroatoms. The first-order valence-corrected chi connectivity index (χ1v) is 7.09. The number of benzene rings is 1.